The Kier molecular flexibility index (Phi) is 5.81. The highest BCUT2D eigenvalue weighted by Crippen LogP contribution is 2.40. The lowest BCUT2D eigenvalue weighted by Crippen LogP contribution is -2.69. The van der Waals surface area contributed by atoms with E-state index in [1.165, 1.54) is 0 Å². The first-order chi connectivity index (χ1) is 13.0. The number of nitrogens with two attached hydrogens (primary N) is 1. The summed E-state index contributed by atoms with van der Waals surface area (Å²) in [6.45, 7) is 1.28. The Morgan fingerprint density at radius 2 is 1.85 bits per heavy atom. The second-order valence-corrected chi connectivity index (χ2v) is 7.77. The summed E-state index contributed by atoms with van der Waals surface area (Å²) in [6, 6.07) is 12.0. The van der Waals surface area contributed by atoms with E-state index in [9.17, 15) is 14.9 Å². The molecule has 1 aliphatic carbocycles. The highest BCUT2D eigenvalue weighted by molar-refractivity contribution is 5.88. The van der Waals surface area contributed by atoms with E-state index in [2.05, 4.69) is 11.4 Å². The van der Waals surface area contributed by atoms with Crippen molar-refractivity contribution in [1.29, 1.82) is 5.26 Å². The van der Waals surface area contributed by atoms with Crippen molar-refractivity contribution in [3.8, 4) is 6.07 Å². The summed E-state index contributed by atoms with van der Waals surface area (Å²) in [4.78, 5) is 26.8. The van der Waals surface area contributed by atoms with E-state index < -0.39 is 11.0 Å². The monoisotopic (exact) mass is 367 g/mol. The van der Waals surface area contributed by atoms with Crippen LogP contribution in [-0.2, 0) is 16.1 Å². The van der Waals surface area contributed by atoms with E-state index in [1.807, 2.05) is 30.3 Å². The lowest BCUT2D eigenvalue weighted by Gasteiger charge is -2.46. The minimum Gasteiger partial charge on any atom is -0.369 e. The lowest BCUT2D eigenvalue weighted by molar-refractivity contribution is -0.135. The molecule has 1 aromatic carbocycles. The molecule has 0 unspecified atom stereocenters. The zero-order valence-electron chi connectivity index (χ0n) is 15.6. The molecule has 3 N–H and O–H groups in total. The van der Waals surface area contributed by atoms with Gasteiger partial charge in [-0.15, -0.1) is 0 Å². The normalized spacial score (nSPS) is 20.1. The van der Waals surface area contributed by atoms with Crippen molar-refractivity contribution in [1.82, 2.24) is 10.2 Å². The number of primary amides is 1. The van der Waals surface area contributed by atoms with Crippen LogP contribution in [0.15, 0.2) is 30.3 Å². The standard InChI is InChI=1S/C21H27N4O2/c22-14-21(15-24-16-21)25(13-17-7-3-1-4-8-17)18(26)9-12-20(19(23)27)10-5-2-6-11-20/h1,3-4,7-9,24H,2,5-6,10-13,15-16H2,(H2,23,27). The Balaban J connectivity index is 1.75. The molecule has 27 heavy (non-hydrogen) atoms. The number of carbonyl (C=O) groups excluding carboxylic acids is 2. The first kappa shape index (κ1) is 19.4. The average molecular weight is 367 g/mol. The van der Waals surface area contributed by atoms with Crippen LogP contribution >= 0.6 is 0 Å². The second kappa shape index (κ2) is 8.10. The molecule has 1 saturated carbocycles. The second-order valence-electron chi connectivity index (χ2n) is 7.77. The molecule has 1 radical (unpaired) electrons. The zero-order chi connectivity index (χ0) is 19.3. The molecule has 1 aliphatic heterocycles. The van der Waals surface area contributed by atoms with Crippen molar-refractivity contribution in [2.24, 2.45) is 11.1 Å². The van der Waals surface area contributed by atoms with Gasteiger partial charge in [0.2, 0.25) is 11.8 Å². The Bertz CT molecular complexity index is 715. The number of nitriles is 1. The van der Waals surface area contributed by atoms with Crippen LogP contribution in [0.25, 0.3) is 0 Å². The summed E-state index contributed by atoms with van der Waals surface area (Å²) in [6.07, 6.45) is 6.42. The van der Waals surface area contributed by atoms with Gasteiger partial charge in [-0.05, 0) is 24.8 Å². The zero-order valence-corrected chi connectivity index (χ0v) is 15.6. The molecule has 0 bridgehead atoms. The molecule has 6 nitrogen and oxygen atoms in total. The summed E-state index contributed by atoms with van der Waals surface area (Å²) >= 11 is 0. The van der Waals surface area contributed by atoms with Gasteiger partial charge in [-0.2, -0.15) is 5.26 Å². The van der Waals surface area contributed by atoms with Crippen LogP contribution in [-0.4, -0.2) is 35.3 Å². The molecule has 1 heterocycles. The SMILES string of the molecule is N#CC1(N(Cc2ccccc2)C(=O)[CH]CC2(C(N)=O)CCCCC2)CNC1. The van der Waals surface area contributed by atoms with Crippen LogP contribution in [0, 0.1) is 23.2 Å². The van der Waals surface area contributed by atoms with E-state index in [4.69, 9.17) is 5.73 Å². The lowest BCUT2D eigenvalue weighted by atomic mass is 9.70. The summed E-state index contributed by atoms with van der Waals surface area (Å²) in [7, 11) is 0. The van der Waals surface area contributed by atoms with Gasteiger partial charge in [-0.1, -0.05) is 49.6 Å². The van der Waals surface area contributed by atoms with E-state index >= 15 is 0 Å². The van der Waals surface area contributed by atoms with Crippen LogP contribution < -0.4 is 11.1 Å². The first-order valence-electron chi connectivity index (χ1n) is 9.62. The maximum atomic E-state index is 13.1. The van der Waals surface area contributed by atoms with E-state index in [1.54, 1.807) is 11.3 Å². The fraction of sp³-hybridized carbons (Fsp3) is 0.524. The third kappa shape index (κ3) is 3.98. The molecule has 0 aromatic heterocycles. The molecule has 2 amide bonds. The highest BCUT2D eigenvalue weighted by atomic mass is 16.2. The number of amides is 2. The molecule has 0 atom stereocenters. The average Bonchev–Trinajstić information content (AvgIpc) is 2.66. The third-order valence-corrected chi connectivity index (χ3v) is 6.01. The van der Waals surface area contributed by atoms with Gasteiger partial charge in [0, 0.05) is 25.0 Å². The third-order valence-electron chi connectivity index (χ3n) is 6.01. The van der Waals surface area contributed by atoms with Crippen LogP contribution in [0.3, 0.4) is 0 Å². The highest BCUT2D eigenvalue weighted by Gasteiger charge is 2.46. The van der Waals surface area contributed by atoms with Crippen molar-refractivity contribution in [3.05, 3.63) is 42.3 Å². The number of nitrogens with one attached hydrogen (secondary N) is 1. The number of hydrogen-bond acceptors (Lipinski definition) is 4. The quantitative estimate of drug-likeness (QED) is 0.769. The van der Waals surface area contributed by atoms with Crippen molar-refractivity contribution in [2.75, 3.05) is 13.1 Å². The fourth-order valence-corrected chi connectivity index (χ4v) is 4.07. The molecule has 6 heteroatoms. The predicted molar refractivity (Wildman–Crippen MR) is 102 cm³/mol. The smallest absolute Gasteiger partial charge is 0.228 e. The van der Waals surface area contributed by atoms with Crippen LogP contribution in [0.4, 0.5) is 0 Å². The summed E-state index contributed by atoms with van der Waals surface area (Å²) in [5.41, 5.74) is 5.21. The van der Waals surface area contributed by atoms with Gasteiger partial charge in [0.1, 0.15) is 0 Å². The largest absolute Gasteiger partial charge is 0.369 e. The number of rotatable bonds is 7. The summed E-state index contributed by atoms with van der Waals surface area (Å²) < 4.78 is 0. The minimum atomic E-state index is -0.837. The molecule has 0 spiro atoms. The molecule has 143 valence electrons. The molecule has 2 fully saturated rings. The molecular weight excluding hydrogens is 340 g/mol. The Morgan fingerprint density at radius 1 is 1.19 bits per heavy atom. The molecular formula is C21H27N4O2. The van der Waals surface area contributed by atoms with Gasteiger partial charge >= 0.3 is 0 Å². The fourth-order valence-electron chi connectivity index (χ4n) is 4.07. The van der Waals surface area contributed by atoms with Gasteiger partial charge in [-0.25, -0.2) is 0 Å². The molecule has 3 rings (SSSR count). The van der Waals surface area contributed by atoms with Gasteiger partial charge in [-0.3, -0.25) is 9.59 Å². The topological polar surface area (TPSA) is 99.2 Å². The van der Waals surface area contributed by atoms with Crippen LogP contribution in [0.2, 0.25) is 0 Å². The van der Waals surface area contributed by atoms with E-state index in [-0.39, 0.29) is 11.8 Å². The Labute approximate surface area is 160 Å². The van der Waals surface area contributed by atoms with E-state index in [0.29, 0.717) is 26.1 Å². The van der Waals surface area contributed by atoms with Gasteiger partial charge in [0.05, 0.1) is 12.5 Å². The Morgan fingerprint density at radius 3 is 2.37 bits per heavy atom. The number of carbonyl (C=O) groups is 2. The predicted octanol–water partition coefficient (Wildman–Crippen LogP) is 1.91. The van der Waals surface area contributed by atoms with Gasteiger partial charge in [0.25, 0.3) is 0 Å². The van der Waals surface area contributed by atoms with Crippen molar-refractivity contribution >= 4 is 11.8 Å². The molecule has 2 aliphatic rings. The maximum Gasteiger partial charge on any atom is 0.228 e. The van der Waals surface area contributed by atoms with Gasteiger partial charge in [0.15, 0.2) is 5.54 Å². The summed E-state index contributed by atoms with van der Waals surface area (Å²) in [5, 5.41) is 12.8. The van der Waals surface area contributed by atoms with Crippen molar-refractivity contribution in [2.45, 2.75) is 50.6 Å². The maximum absolute atomic E-state index is 13.1. The Hall–Kier alpha value is -2.39. The van der Waals surface area contributed by atoms with E-state index in [0.717, 1.165) is 37.7 Å². The molecule has 1 aromatic rings. The van der Waals surface area contributed by atoms with Gasteiger partial charge < -0.3 is 16.0 Å². The number of nitrogens with zero attached hydrogens (tertiary/aromatic N) is 2. The number of benzene rings is 1. The number of hydrogen-bond donors (Lipinski definition) is 2. The molecule has 1 saturated heterocycles. The van der Waals surface area contributed by atoms with Crippen molar-refractivity contribution < 1.29 is 9.59 Å². The van der Waals surface area contributed by atoms with Crippen molar-refractivity contribution in [3.63, 3.8) is 0 Å². The summed E-state index contributed by atoms with van der Waals surface area (Å²) in [5.74, 6) is -0.519. The van der Waals surface area contributed by atoms with Crippen LogP contribution in [0.5, 0.6) is 0 Å². The van der Waals surface area contributed by atoms with Crippen LogP contribution in [0.1, 0.15) is 44.1 Å². The first-order valence-corrected chi connectivity index (χ1v) is 9.62. The minimum absolute atomic E-state index is 0.201.